The summed E-state index contributed by atoms with van der Waals surface area (Å²) in [6.45, 7) is 2.10. The molecule has 2 aliphatic rings. The van der Waals surface area contributed by atoms with E-state index in [9.17, 15) is 4.79 Å². The van der Waals surface area contributed by atoms with Crippen LogP contribution in [0, 0.1) is 6.92 Å². The number of carbonyl (C=O) groups excluding carboxylic acids is 1. The number of rotatable bonds is 3. The SMILES string of the molecule is COC(=O)c1ccc([C@H]2Oc3ccccc3C3=C2[C@@H](c2ccccc2C)n2ncnc2N3)cc1. The average Bonchev–Trinajstić information content (AvgIpc) is 3.35. The number of aromatic nitrogens is 3. The summed E-state index contributed by atoms with van der Waals surface area (Å²) in [6, 6.07) is 23.5. The van der Waals surface area contributed by atoms with Crippen LogP contribution in [0.25, 0.3) is 5.70 Å². The summed E-state index contributed by atoms with van der Waals surface area (Å²) in [5.41, 5.74) is 6.69. The topological polar surface area (TPSA) is 78.3 Å². The first-order valence-electron chi connectivity index (χ1n) is 11.1. The van der Waals surface area contributed by atoms with Gasteiger partial charge in [0, 0.05) is 11.1 Å². The van der Waals surface area contributed by atoms with Crippen LogP contribution in [-0.4, -0.2) is 27.8 Å². The molecule has 34 heavy (non-hydrogen) atoms. The van der Waals surface area contributed by atoms with Crippen LogP contribution in [0.4, 0.5) is 5.95 Å². The molecule has 2 aliphatic heterocycles. The summed E-state index contributed by atoms with van der Waals surface area (Å²) in [5, 5.41) is 8.08. The first-order valence-corrected chi connectivity index (χ1v) is 11.1. The van der Waals surface area contributed by atoms with Crippen LogP contribution in [0.5, 0.6) is 5.75 Å². The van der Waals surface area contributed by atoms with Gasteiger partial charge in [0.15, 0.2) is 0 Å². The minimum absolute atomic E-state index is 0.214. The Morgan fingerprint density at radius 1 is 1.03 bits per heavy atom. The predicted octanol–water partition coefficient (Wildman–Crippen LogP) is 4.93. The Morgan fingerprint density at radius 3 is 2.59 bits per heavy atom. The third-order valence-corrected chi connectivity index (χ3v) is 6.44. The highest BCUT2D eigenvalue weighted by Gasteiger charge is 2.41. The smallest absolute Gasteiger partial charge is 0.337 e. The summed E-state index contributed by atoms with van der Waals surface area (Å²) < 4.78 is 13.4. The maximum Gasteiger partial charge on any atom is 0.337 e. The maximum atomic E-state index is 12.0. The first-order chi connectivity index (χ1) is 16.7. The summed E-state index contributed by atoms with van der Waals surface area (Å²) in [6.07, 6.45) is 1.17. The third-order valence-electron chi connectivity index (χ3n) is 6.44. The van der Waals surface area contributed by atoms with Crippen LogP contribution in [0.15, 0.2) is 84.7 Å². The van der Waals surface area contributed by atoms with E-state index in [2.05, 4.69) is 40.5 Å². The van der Waals surface area contributed by atoms with Crippen LogP contribution in [-0.2, 0) is 4.74 Å². The second-order valence-corrected chi connectivity index (χ2v) is 8.35. The van der Waals surface area contributed by atoms with Gasteiger partial charge in [0.25, 0.3) is 0 Å². The Bertz CT molecular complexity index is 1440. The number of nitrogens with one attached hydrogen (secondary N) is 1. The quantitative estimate of drug-likeness (QED) is 0.446. The highest BCUT2D eigenvalue weighted by atomic mass is 16.5. The molecule has 0 bridgehead atoms. The van der Waals surface area contributed by atoms with Gasteiger partial charge in [-0.1, -0.05) is 48.5 Å². The van der Waals surface area contributed by atoms with Crippen LogP contribution < -0.4 is 10.1 Å². The Kier molecular flexibility index (Phi) is 4.69. The molecule has 0 amide bonds. The number of para-hydroxylation sites is 1. The Hall–Kier alpha value is -4.39. The van der Waals surface area contributed by atoms with Gasteiger partial charge in [0.2, 0.25) is 5.95 Å². The summed E-state index contributed by atoms with van der Waals surface area (Å²) >= 11 is 0. The standard InChI is InChI=1S/C27H22N4O3/c1-16-7-3-4-8-19(16)24-22-23(30-27-28-15-29-31(24)27)20-9-5-6-10-21(20)34-25(22)17-11-13-18(14-12-17)26(32)33-2/h3-15,24-25H,1-2H3,(H,28,29,30)/t24-,25-/m1/s1. The fourth-order valence-electron chi connectivity index (χ4n) is 4.80. The summed E-state index contributed by atoms with van der Waals surface area (Å²) in [4.78, 5) is 16.5. The molecule has 0 saturated heterocycles. The van der Waals surface area contributed by atoms with E-state index in [1.54, 1.807) is 18.5 Å². The molecule has 7 heteroatoms. The van der Waals surface area contributed by atoms with E-state index in [0.29, 0.717) is 11.5 Å². The van der Waals surface area contributed by atoms with Gasteiger partial charge in [0.1, 0.15) is 24.2 Å². The van der Waals surface area contributed by atoms with Gasteiger partial charge < -0.3 is 14.8 Å². The minimum atomic E-state index is -0.397. The minimum Gasteiger partial charge on any atom is -0.480 e. The monoisotopic (exact) mass is 450 g/mol. The number of benzene rings is 3. The molecule has 3 aromatic carbocycles. The lowest BCUT2D eigenvalue weighted by Gasteiger charge is -2.39. The molecule has 7 nitrogen and oxygen atoms in total. The third kappa shape index (κ3) is 3.08. The second-order valence-electron chi connectivity index (χ2n) is 8.35. The van der Waals surface area contributed by atoms with Crippen molar-refractivity contribution in [1.29, 1.82) is 0 Å². The lowest BCUT2D eigenvalue weighted by Crippen LogP contribution is -2.32. The zero-order chi connectivity index (χ0) is 23.2. The number of hydrogen-bond acceptors (Lipinski definition) is 6. The van der Waals surface area contributed by atoms with Gasteiger partial charge in [-0.3, -0.25) is 0 Å². The average molecular weight is 450 g/mol. The van der Waals surface area contributed by atoms with Crippen molar-refractivity contribution < 1.29 is 14.3 Å². The molecule has 2 atom stereocenters. The zero-order valence-corrected chi connectivity index (χ0v) is 18.7. The van der Waals surface area contributed by atoms with Gasteiger partial charge in [-0.2, -0.15) is 10.1 Å². The maximum absolute atomic E-state index is 12.0. The van der Waals surface area contributed by atoms with E-state index in [1.807, 2.05) is 47.1 Å². The van der Waals surface area contributed by atoms with Gasteiger partial charge in [-0.05, 0) is 47.9 Å². The van der Waals surface area contributed by atoms with Gasteiger partial charge in [-0.25, -0.2) is 9.48 Å². The summed E-state index contributed by atoms with van der Waals surface area (Å²) in [5.74, 6) is 1.10. The van der Waals surface area contributed by atoms with Crippen molar-refractivity contribution in [2.75, 3.05) is 12.4 Å². The number of esters is 1. The molecular weight excluding hydrogens is 428 g/mol. The highest BCUT2D eigenvalue weighted by Crippen LogP contribution is 2.50. The Labute approximate surface area is 196 Å². The van der Waals surface area contributed by atoms with Gasteiger partial charge in [-0.15, -0.1) is 0 Å². The van der Waals surface area contributed by atoms with Crippen molar-refractivity contribution in [3.05, 3.63) is 113 Å². The number of hydrogen-bond donors (Lipinski definition) is 1. The van der Waals surface area contributed by atoms with E-state index in [0.717, 1.165) is 39.3 Å². The van der Waals surface area contributed by atoms with E-state index in [1.165, 1.54) is 7.11 Å². The molecule has 4 aromatic rings. The number of anilines is 1. The van der Waals surface area contributed by atoms with Crippen LogP contribution in [0.2, 0.25) is 0 Å². The molecule has 0 fully saturated rings. The van der Waals surface area contributed by atoms with Crippen molar-refractivity contribution in [3.63, 3.8) is 0 Å². The fourth-order valence-corrected chi connectivity index (χ4v) is 4.80. The second kappa shape index (κ2) is 7.88. The lowest BCUT2D eigenvalue weighted by molar-refractivity contribution is 0.0600. The number of fused-ring (bicyclic) bond motifs is 3. The molecule has 0 saturated carbocycles. The first kappa shape index (κ1) is 20.2. The fraction of sp³-hybridized carbons (Fsp3) is 0.148. The molecule has 0 aliphatic carbocycles. The van der Waals surface area contributed by atoms with E-state index < -0.39 is 6.10 Å². The molecule has 0 unspecified atom stereocenters. The van der Waals surface area contributed by atoms with Crippen LogP contribution in [0.3, 0.4) is 0 Å². The van der Waals surface area contributed by atoms with Crippen LogP contribution in [0.1, 0.15) is 44.8 Å². The molecule has 1 N–H and O–H groups in total. The lowest BCUT2D eigenvalue weighted by atomic mass is 9.83. The van der Waals surface area contributed by atoms with Crippen molar-refractivity contribution in [2.45, 2.75) is 19.1 Å². The molecule has 0 spiro atoms. The highest BCUT2D eigenvalue weighted by molar-refractivity contribution is 5.89. The number of nitrogens with zero attached hydrogens (tertiary/aromatic N) is 3. The van der Waals surface area contributed by atoms with Crippen molar-refractivity contribution in [2.24, 2.45) is 0 Å². The molecule has 6 rings (SSSR count). The van der Waals surface area contributed by atoms with E-state index >= 15 is 0 Å². The Balaban J connectivity index is 1.58. The van der Waals surface area contributed by atoms with Gasteiger partial charge in [0.05, 0.1) is 18.4 Å². The molecule has 1 aromatic heterocycles. The largest absolute Gasteiger partial charge is 0.480 e. The number of ether oxygens (including phenoxy) is 2. The normalized spacial score (nSPS) is 18.2. The van der Waals surface area contributed by atoms with E-state index in [-0.39, 0.29) is 12.0 Å². The number of carbonyl (C=O) groups is 1. The molecule has 3 heterocycles. The molecule has 0 radical (unpaired) electrons. The zero-order valence-electron chi connectivity index (χ0n) is 18.7. The molecule has 168 valence electrons. The van der Waals surface area contributed by atoms with Crippen molar-refractivity contribution in [3.8, 4) is 5.75 Å². The predicted molar refractivity (Wildman–Crippen MR) is 127 cm³/mol. The van der Waals surface area contributed by atoms with Crippen molar-refractivity contribution >= 4 is 17.6 Å². The Morgan fingerprint density at radius 2 is 1.79 bits per heavy atom. The summed E-state index contributed by atoms with van der Waals surface area (Å²) in [7, 11) is 1.38. The van der Waals surface area contributed by atoms with Crippen molar-refractivity contribution in [1.82, 2.24) is 14.8 Å². The number of aryl methyl sites for hydroxylation is 1. The molecular formula is C27H22N4O3. The number of methoxy groups -OCH3 is 1. The van der Waals surface area contributed by atoms with E-state index in [4.69, 9.17) is 9.47 Å². The van der Waals surface area contributed by atoms with Gasteiger partial charge >= 0.3 is 5.97 Å². The van der Waals surface area contributed by atoms with Crippen LogP contribution >= 0.6 is 0 Å².